The summed E-state index contributed by atoms with van der Waals surface area (Å²) in [6.45, 7) is 1.91. The highest BCUT2D eigenvalue weighted by molar-refractivity contribution is 6.09. The quantitative estimate of drug-likeness (QED) is 0.741. The number of amides is 4. The van der Waals surface area contributed by atoms with E-state index in [1.54, 1.807) is 12.1 Å². The molecule has 4 rings (SSSR count). The molecule has 2 aromatic rings. The Bertz CT molecular complexity index is 939. The molecule has 1 saturated carbocycles. The van der Waals surface area contributed by atoms with Gasteiger partial charge in [0.05, 0.1) is 5.56 Å². The van der Waals surface area contributed by atoms with Crippen molar-refractivity contribution in [3.05, 3.63) is 59.8 Å². The van der Waals surface area contributed by atoms with Crippen molar-refractivity contribution in [2.24, 2.45) is 0 Å². The van der Waals surface area contributed by atoms with E-state index in [1.807, 2.05) is 37.3 Å². The molecule has 2 fully saturated rings. The van der Waals surface area contributed by atoms with Crippen LogP contribution in [0.4, 0.5) is 4.79 Å². The standard InChI is InChI=1S/C22H24N4O4/c1-15(16-8-4-2-5-9-16)30-18-11-10-17(14-23-18)19(27)25-26-20(28)22(24-21(26)29)12-6-3-7-13-22/h2,4-5,8-11,14-15H,3,6-7,12-13H2,1H3,(H,24,29)(H,25,27)/t15-/m0/s1. The van der Waals surface area contributed by atoms with Gasteiger partial charge in [-0.25, -0.2) is 9.78 Å². The molecule has 2 N–H and O–H groups in total. The van der Waals surface area contributed by atoms with Gasteiger partial charge in [0.1, 0.15) is 11.6 Å². The Morgan fingerprint density at radius 3 is 2.53 bits per heavy atom. The number of aromatic nitrogens is 1. The first-order valence-electron chi connectivity index (χ1n) is 10.1. The number of hydrogen-bond donors (Lipinski definition) is 2. The van der Waals surface area contributed by atoms with Crippen LogP contribution in [0.15, 0.2) is 48.7 Å². The zero-order chi connectivity index (χ0) is 21.1. The van der Waals surface area contributed by atoms with Crippen molar-refractivity contribution >= 4 is 17.8 Å². The van der Waals surface area contributed by atoms with E-state index in [0.717, 1.165) is 29.8 Å². The third kappa shape index (κ3) is 3.85. The predicted molar refractivity (Wildman–Crippen MR) is 108 cm³/mol. The number of hydrazine groups is 1. The summed E-state index contributed by atoms with van der Waals surface area (Å²) in [5.41, 5.74) is 2.75. The average molecular weight is 408 g/mol. The molecule has 1 aromatic carbocycles. The number of nitrogens with zero attached hydrogens (tertiary/aromatic N) is 2. The minimum absolute atomic E-state index is 0.198. The molecular formula is C22H24N4O4. The van der Waals surface area contributed by atoms with Gasteiger partial charge in [0.2, 0.25) is 5.88 Å². The molecule has 2 heterocycles. The minimum Gasteiger partial charge on any atom is -0.470 e. The lowest BCUT2D eigenvalue weighted by Gasteiger charge is -2.30. The van der Waals surface area contributed by atoms with E-state index in [9.17, 15) is 14.4 Å². The Hall–Kier alpha value is -3.42. The monoisotopic (exact) mass is 408 g/mol. The van der Waals surface area contributed by atoms with Crippen LogP contribution in [-0.2, 0) is 4.79 Å². The van der Waals surface area contributed by atoms with Crippen molar-refractivity contribution in [3.8, 4) is 5.88 Å². The molecule has 1 atom stereocenters. The maximum absolute atomic E-state index is 12.8. The highest BCUT2D eigenvalue weighted by Gasteiger charge is 2.52. The summed E-state index contributed by atoms with van der Waals surface area (Å²) in [5.74, 6) is -0.606. The number of carbonyl (C=O) groups excluding carboxylic acids is 3. The molecule has 0 unspecified atom stereocenters. The van der Waals surface area contributed by atoms with Gasteiger partial charge in [0, 0.05) is 12.3 Å². The fourth-order valence-corrected chi connectivity index (χ4v) is 3.94. The van der Waals surface area contributed by atoms with Crippen molar-refractivity contribution in [1.82, 2.24) is 20.7 Å². The van der Waals surface area contributed by atoms with Crippen LogP contribution in [0.5, 0.6) is 5.88 Å². The third-order valence-electron chi connectivity index (χ3n) is 5.65. The number of hydrogen-bond acceptors (Lipinski definition) is 5. The highest BCUT2D eigenvalue weighted by Crippen LogP contribution is 2.33. The molecule has 8 heteroatoms. The third-order valence-corrected chi connectivity index (χ3v) is 5.65. The van der Waals surface area contributed by atoms with Crippen LogP contribution in [-0.4, -0.2) is 33.4 Å². The normalized spacial score (nSPS) is 18.8. The number of rotatable bonds is 5. The minimum atomic E-state index is -0.883. The van der Waals surface area contributed by atoms with Gasteiger partial charge in [0.15, 0.2) is 0 Å². The second-order valence-electron chi connectivity index (χ2n) is 7.71. The number of benzene rings is 1. The molecule has 1 saturated heterocycles. The fraction of sp³-hybridized carbons (Fsp3) is 0.364. The van der Waals surface area contributed by atoms with Gasteiger partial charge in [-0.3, -0.25) is 15.0 Å². The van der Waals surface area contributed by atoms with E-state index >= 15 is 0 Å². The summed E-state index contributed by atoms with van der Waals surface area (Å²) in [6, 6.07) is 12.3. The zero-order valence-corrected chi connectivity index (χ0v) is 16.8. The lowest BCUT2D eigenvalue weighted by atomic mass is 9.82. The van der Waals surface area contributed by atoms with Gasteiger partial charge in [-0.15, -0.1) is 0 Å². The predicted octanol–water partition coefficient (Wildman–Crippen LogP) is 3.12. The van der Waals surface area contributed by atoms with E-state index in [4.69, 9.17) is 4.74 Å². The number of imide groups is 1. The Kier molecular flexibility index (Phi) is 5.39. The second-order valence-corrected chi connectivity index (χ2v) is 7.71. The molecule has 0 bridgehead atoms. The number of carbonyl (C=O) groups is 3. The number of nitrogens with one attached hydrogen (secondary N) is 2. The van der Waals surface area contributed by atoms with Gasteiger partial charge in [-0.05, 0) is 31.4 Å². The van der Waals surface area contributed by atoms with Gasteiger partial charge in [-0.1, -0.05) is 49.6 Å². The second kappa shape index (κ2) is 8.14. The summed E-state index contributed by atoms with van der Waals surface area (Å²) in [5, 5.41) is 3.55. The zero-order valence-electron chi connectivity index (χ0n) is 16.8. The van der Waals surface area contributed by atoms with Gasteiger partial charge in [-0.2, -0.15) is 5.01 Å². The first kappa shape index (κ1) is 19.9. The molecule has 1 aromatic heterocycles. The molecule has 30 heavy (non-hydrogen) atoms. The molecule has 2 aliphatic rings. The van der Waals surface area contributed by atoms with Crippen LogP contribution in [0, 0.1) is 0 Å². The molecule has 8 nitrogen and oxygen atoms in total. The molecule has 4 amide bonds. The summed E-state index contributed by atoms with van der Waals surface area (Å²) < 4.78 is 5.81. The first-order chi connectivity index (χ1) is 14.5. The smallest absolute Gasteiger partial charge is 0.344 e. The lowest BCUT2D eigenvalue weighted by molar-refractivity contribution is -0.134. The molecular weight excluding hydrogens is 384 g/mol. The van der Waals surface area contributed by atoms with Crippen LogP contribution >= 0.6 is 0 Å². The van der Waals surface area contributed by atoms with Crippen LogP contribution in [0.1, 0.15) is 61.1 Å². The van der Waals surface area contributed by atoms with Crippen molar-refractivity contribution < 1.29 is 19.1 Å². The van der Waals surface area contributed by atoms with Crippen LogP contribution in [0.3, 0.4) is 0 Å². The van der Waals surface area contributed by atoms with Crippen molar-refractivity contribution in [2.75, 3.05) is 0 Å². The Morgan fingerprint density at radius 2 is 1.87 bits per heavy atom. The molecule has 0 radical (unpaired) electrons. The summed E-state index contributed by atoms with van der Waals surface area (Å²) in [7, 11) is 0. The number of urea groups is 1. The Morgan fingerprint density at radius 1 is 1.13 bits per heavy atom. The molecule has 1 spiro atoms. The topological polar surface area (TPSA) is 101 Å². The first-order valence-corrected chi connectivity index (χ1v) is 10.1. The summed E-state index contributed by atoms with van der Waals surface area (Å²) >= 11 is 0. The largest absolute Gasteiger partial charge is 0.470 e. The molecule has 1 aliphatic carbocycles. The van der Waals surface area contributed by atoms with Crippen LogP contribution in [0.2, 0.25) is 0 Å². The van der Waals surface area contributed by atoms with E-state index in [2.05, 4.69) is 15.7 Å². The maximum Gasteiger partial charge on any atom is 0.344 e. The number of ether oxygens (including phenoxy) is 1. The van der Waals surface area contributed by atoms with Gasteiger partial charge < -0.3 is 10.1 Å². The highest BCUT2D eigenvalue weighted by atomic mass is 16.5. The molecule has 156 valence electrons. The van der Waals surface area contributed by atoms with Crippen LogP contribution in [0.25, 0.3) is 0 Å². The van der Waals surface area contributed by atoms with E-state index in [-0.39, 0.29) is 11.7 Å². The fourth-order valence-electron chi connectivity index (χ4n) is 3.94. The van der Waals surface area contributed by atoms with Gasteiger partial charge in [0.25, 0.3) is 11.8 Å². The SMILES string of the molecule is C[C@H](Oc1ccc(C(=O)NN2C(=O)NC3(CCCCC3)C2=O)cn1)c1ccccc1. The lowest BCUT2D eigenvalue weighted by Crippen LogP contribution is -2.50. The summed E-state index contributed by atoms with van der Waals surface area (Å²) in [4.78, 5) is 41.8. The van der Waals surface area contributed by atoms with E-state index < -0.39 is 23.4 Å². The van der Waals surface area contributed by atoms with Crippen molar-refractivity contribution in [3.63, 3.8) is 0 Å². The summed E-state index contributed by atoms with van der Waals surface area (Å²) in [6.07, 6.45) is 5.14. The maximum atomic E-state index is 12.8. The van der Waals surface area contributed by atoms with Gasteiger partial charge >= 0.3 is 6.03 Å². The average Bonchev–Trinajstić information content (AvgIpc) is 2.99. The van der Waals surface area contributed by atoms with E-state index in [0.29, 0.717) is 18.7 Å². The molecule has 1 aliphatic heterocycles. The van der Waals surface area contributed by atoms with E-state index in [1.165, 1.54) is 6.20 Å². The van der Waals surface area contributed by atoms with Crippen LogP contribution < -0.4 is 15.5 Å². The Labute approximate surface area is 174 Å². The number of pyridine rings is 1. The van der Waals surface area contributed by atoms with Crippen molar-refractivity contribution in [1.29, 1.82) is 0 Å². The Balaban J connectivity index is 1.39. The van der Waals surface area contributed by atoms with Crippen molar-refractivity contribution in [2.45, 2.75) is 50.7 Å².